The van der Waals surface area contributed by atoms with Crippen molar-refractivity contribution in [2.75, 3.05) is 19.8 Å². The number of carbonyl (C=O) groups is 2. The first-order chi connectivity index (χ1) is 15.4. The third-order valence-electron chi connectivity index (χ3n) is 5.03. The molecule has 1 saturated heterocycles. The summed E-state index contributed by atoms with van der Waals surface area (Å²) in [5.41, 5.74) is -2.14. The van der Waals surface area contributed by atoms with Crippen LogP contribution in [0.5, 0.6) is 5.75 Å². The van der Waals surface area contributed by atoms with Crippen molar-refractivity contribution in [2.45, 2.75) is 38.0 Å². The minimum absolute atomic E-state index is 0.0104. The fraction of sp³-hybridized carbons (Fsp3) is 0.429. The van der Waals surface area contributed by atoms with Crippen molar-refractivity contribution in [3.8, 4) is 5.75 Å². The Morgan fingerprint density at radius 1 is 1.31 bits per heavy atom. The summed E-state index contributed by atoms with van der Waals surface area (Å²) in [6.07, 6.45) is -0.712. The smallest absolute Gasteiger partial charge is 0.408 e. The number of esters is 1. The fourth-order valence-electron chi connectivity index (χ4n) is 3.30. The highest BCUT2D eigenvalue weighted by Gasteiger charge is 2.43. The Kier molecular flexibility index (Phi) is 7.44. The van der Waals surface area contributed by atoms with Gasteiger partial charge in [-0.2, -0.15) is 0 Å². The van der Waals surface area contributed by atoms with Crippen molar-refractivity contribution >= 4 is 12.1 Å². The van der Waals surface area contributed by atoms with Gasteiger partial charge in [-0.1, -0.05) is 30.3 Å². The Balaban J connectivity index is 1.89. The maximum absolute atomic E-state index is 12.6. The minimum Gasteiger partial charge on any atom is -0.501 e. The maximum atomic E-state index is 12.6. The van der Waals surface area contributed by atoms with Crippen LogP contribution < -0.4 is 10.9 Å². The number of rotatable bonds is 7. The molecule has 0 radical (unpaired) electrons. The first kappa shape index (κ1) is 23.2. The number of hydrogen-bond acceptors (Lipinski definition) is 9. The first-order valence-electron chi connectivity index (χ1n) is 10.1. The number of alkyl carbamates (subject to hydrolysis) is 1. The molecule has 2 atom stereocenters. The van der Waals surface area contributed by atoms with Gasteiger partial charge in [0.25, 0.3) is 5.56 Å². The van der Waals surface area contributed by atoms with E-state index in [9.17, 15) is 24.6 Å². The second-order valence-corrected chi connectivity index (χ2v) is 7.26. The van der Waals surface area contributed by atoms with E-state index in [1.54, 1.807) is 19.1 Å². The first-order valence-corrected chi connectivity index (χ1v) is 10.1. The lowest BCUT2D eigenvalue weighted by molar-refractivity contribution is -0.0655. The third-order valence-corrected chi connectivity index (χ3v) is 5.03. The number of benzene rings is 1. The number of aromatic nitrogens is 2. The molecule has 1 fully saturated rings. The van der Waals surface area contributed by atoms with Gasteiger partial charge in [0.1, 0.15) is 18.0 Å². The highest BCUT2D eigenvalue weighted by molar-refractivity contribution is 5.90. The van der Waals surface area contributed by atoms with Gasteiger partial charge in [-0.15, -0.1) is 0 Å². The molecule has 1 aliphatic rings. The van der Waals surface area contributed by atoms with Gasteiger partial charge in [0.05, 0.1) is 25.9 Å². The molecule has 0 saturated carbocycles. The molecular formula is C21H25N3O8. The number of ether oxygens (including phenoxy) is 3. The molecule has 3 rings (SSSR count). The van der Waals surface area contributed by atoms with Crippen LogP contribution in [0.4, 0.5) is 4.79 Å². The van der Waals surface area contributed by atoms with Crippen molar-refractivity contribution in [1.29, 1.82) is 0 Å². The lowest BCUT2D eigenvalue weighted by Crippen LogP contribution is -2.55. The Morgan fingerprint density at radius 3 is 2.69 bits per heavy atom. The highest BCUT2D eigenvalue weighted by Crippen LogP contribution is 2.31. The van der Waals surface area contributed by atoms with Gasteiger partial charge in [-0.3, -0.25) is 4.79 Å². The van der Waals surface area contributed by atoms with Crippen molar-refractivity contribution in [3.05, 3.63) is 57.8 Å². The average molecular weight is 447 g/mol. The lowest BCUT2D eigenvalue weighted by atomic mass is 9.89. The molecule has 0 bridgehead atoms. The molecule has 0 unspecified atom stereocenters. The zero-order valence-corrected chi connectivity index (χ0v) is 17.5. The standard InChI is InChI=1S/C21H25N3O8/c1-2-30-18(28)15-16(26)17(27)23-19(22-15)21(9-8-14(10-25)32-12-21)24-20(29)31-11-13-6-4-3-5-7-13/h3-7,14,25-26H,2,8-12H2,1H3,(H,24,29)(H,22,23,27)/t14-,21+/m0/s1. The van der Waals surface area contributed by atoms with Crippen molar-refractivity contribution in [2.24, 2.45) is 0 Å². The molecule has 0 aliphatic carbocycles. The number of hydrogen-bond donors (Lipinski definition) is 4. The highest BCUT2D eigenvalue weighted by atomic mass is 16.6. The van der Waals surface area contributed by atoms with Crippen LogP contribution in [-0.4, -0.2) is 58.2 Å². The number of aromatic hydroxyl groups is 1. The minimum atomic E-state index is -1.37. The predicted octanol–water partition coefficient (Wildman–Crippen LogP) is 0.945. The second-order valence-electron chi connectivity index (χ2n) is 7.26. The number of aliphatic hydroxyl groups is 1. The molecule has 11 nitrogen and oxygen atoms in total. The van der Waals surface area contributed by atoms with Crippen molar-refractivity contribution in [3.63, 3.8) is 0 Å². The SMILES string of the molecule is CCOC(=O)c1nc([C@@]2(NC(=O)OCc3ccccc3)CC[C@@H](CO)OC2)[nH]c(=O)c1O. The van der Waals surface area contributed by atoms with E-state index in [0.29, 0.717) is 6.42 Å². The number of aromatic amines is 1. The monoisotopic (exact) mass is 447 g/mol. The van der Waals surface area contributed by atoms with E-state index < -0.39 is 40.7 Å². The second kappa shape index (κ2) is 10.2. The van der Waals surface area contributed by atoms with Crippen LogP contribution in [0.3, 0.4) is 0 Å². The summed E-state index contributed by atoms with van der Waals surface area (Å²) >= 11 is 0. The maximum Gasteiger partial charge on any atom is 0.408 e. The summed E-state index contributed by atoms with van der Waals surface area (Å²) in [7, 11) is 0. The third kappa shape index (κ3) is 5.24. The molecule has 1 aromatic carbocycles. The van der Waals surface area contributed by atoms with Crippen LogP contribution in [0.1, 0.15) is 41.6 Å². The van der Waals surface area contributed by atoms with E-state index >= 15 is 0 Å². The molecule has 2 aromatic rings. The summed E-state index contributed by atoms with van der Waals surface area (Å²) in [4.78, 5) is 43.5. The molecular weight excluding hydrogens is 422 g/mol. The van der Waals surface area contributed by atoms with Gasteiger partial charge in [0.2, 0.25) is 5.75 Å². The Morgan fingerprint density at radius 2 is 2.06 bits per heavy atom. The molecule has 1 amide bonds. The Labute approximate surface area is 183 Å². The quantitative estimate of drug-likeness (QED) is 0.453. The van der Waals surface area contributed by atoms with Gasteiger partial charge in [-0.05, 0) is 25.3 Å². The number of H-pyrrole nitrogens is 1. The number of amides is 1. The molecule has 32 heavy (non-hydrogen) atoms. The van der Waals surface area contributed by atoms with E-state index in [1.807, 2.05) is 18.2 Å². The molecule has 11 heteroatoms. The largest absolute Gasteiger partial charge is 0.501 e. The predicted molar refractivity (Wildman–Crippen MR) is 110 cm³/mol. The fourth-order valence-corrected chi connectivity index (χ4v) is 3.30. The average Bonchev–Trinajstić information content (AvgIpc) is 2.80. The van der Waals surface area contributed by atoms with E-state index in [1.165, 1.54) is 0 Å². The molecule has 4 N–H and O–H groups in total. The number of nitrogens with zero attached hydrogens (tertiary/aromatic N) is 1. The van der Waals surface area contributed by atoms with E-state index in [2.05, 4.69) is 15.3 Å². The van der Waals surface area contributed by atoms with Crippen LogP contribution in [-0.2, 0) is 26.4 Å². The zero-order valence-electron chi connectivity index (χ0n) is 17.5. The summed E-state index contributed by atoms with van der Waals surface area (Å²) < 4.78 is 15.8. The van der Waals surface area contributed by atoms with Crippen molar-refractivity contribution in [1.82, 2.24) is 15.3 Å². The van der Waals surface area contributed by atoms with Crippen molar-refractivity contribution < 1.29 is 34.0 Å². The van der Waals surface area contributed by atoms with E-state index in [-0.39, 0.29) is 38.7 Å². The molecule has 1 aromatic heterocycles. The van der Waals surface area contributed by atoms with Crippen LogP contribution in [0.25, 0.3) is 0 Å². The van der Waals surface area contributed by atoms with E-state index in [0.717, 1.165) is 5.56 Å². The van der Waals surface area contributed by atoms with Gasteiger partial charge in [0.15, 0.2) is 5.69 Å². The number of carbonyl (C=O) groups excluding carboxylic acids is 2. The lowest BCUT2D eigenvalue weighted by Gasteiger charge is -2.39. The summed E-state index contributed by atoms with van der Waals surface area (Å²) in [6.45, 7) is 1.21. The van der Waals surface area contributed by atoms with Gasteiger partial charge in [0, 0.05) is 0 Å². The molecule has 0 spiro atoms. The van der Waals surface area contributed by atoms with Crippen LogP contribution in [0.15, 0.2) is 35.1 Å². The summed E-state index contributed by atoms with van der Waals surface area (Å²) in [5.74, 6) is -1.97. The summed E-state index contributed by atoms with van der Waals surface area (Å²) in [6, 6.07) is 9.05. The Hall–Kier alpha value is -3.44. The van der Waals surface area contributed by atoms with E-state index in [4.69, 9.17) is 14.2 Å². The molecule has 172 valence electrons. The number of aliphatic hydroxyl groups excluding tert-OH is 1. The van der Waals surface area contributed by atoms with Gasteiger partial charge < -0.3 is 34.7 Å². The van der Waals surface area contributed by atoms with Gasteiger partial charge in [-0.25, -0.2) is 14.6 Å². The number of nitrogens with one attached hydrogen (secondary N) is 2. The normalized spacial score (nSPS) is 20.4. The Bertz CT molecular complexity index is 1000. The van der Waals surface area contributed by atoms with Gasteiger partial charge >= 0.3 is 12.1 Å². The molecule has 1 aliphatic heterocycles. The van der Waals surface area contributed by atoms with Crippen LogP contribution in [0.2, 0.25) is 0 Å². The topological polar surface area (TPSA) is 160 Å². The van der Waals surface area contributed by atoms with Crippen LogP contribution in [0, 0.1) is 0 Å². The van der Waals surface area contributed by atoms with Crippen LogP contribution >= 0.6 is 0 Å². The zero-order chi connectivity index (χ0) is 23.1. The summed E-state index contributed by atoms with van der Waals surface area (Å²) in [5, 5.41) is 22.0. The molecule has 2 heterocycles.